The highest BCUT2D eigenvalue weighted by molar-refractivity contribution is 8.00. The topological polar surface area (TPSA) is 40.5 Å². The monoisotopic (exact) mass is 215 g/mol. The molecule has 0 unspecified atom stereocenters. The summed E-state index contributed by atoms with van der Waals surface area (Å²) >= 11 is 1.40. The van der Waals surface area contributed by atoms with Gasteiger partial charge in [-0.2, -0.15) is 0 Å². The lowest BCUT2D eigenvalue weighted by Crippen LogP contribution is -2.04. The number of esters is 1. The van der Waals surface area contributed by atoms with Crippen LogP contribution in [-0.4, -0.2) is 30.5 Å². The molecule has 0 atom stereocenters. The summed E-state index contributed by atoms with van der Waals surface area (Å²) in [6.45, 7) is 0. The van der Waals surface area contributed by atoms with Crippen molar-refractivity contribution in [3.63, 3.8) is 0 Å². The van der Waals surface area contributed by atoms with Crippen LogP contribution in [0.25, 0.3) is 0 Å². The summed E-state index contributed by atoms with van der Waals surface area (Å²) in [5.74, 6) is 0.838. The largest absolute Gasteiger partial charge is 0.494 e. The standard InChI is InChI=1S/C9H13NO3S/c1-10-5-4-7(12-2)9(10)14-6-8(11)13-3/h4-5H,6H2,1-3H3. The maximum absolute atomic E-state index is 10.9. The van der Waals surface area contributed by atoms with Crippen LogP contribution < -0.4 is 4.74 Å². The van der Waals surface area contributed by atoms with E-state index >= 15 is 0 Å². The Morgan fingerprint density at radius 2 is 2.29 bits per heavy atom. The second-order valence-corrected chi connectivity index (χ2v) is 3.63. The van der Waals surface area contributed by atoms with Crippen LogP contribution in [0.1, 0.15) is 0 Å². The Morgan fingerprint density at radius 1 is 1.57 bits per heavy atom. The van der Waals surface area contributed by atoms with Gasteiger partial charge in [0.1, 0.15) is 5.03 Å². The van der Waals surface area contributed by atoms with Gasteiger partial charge in [0.15, 0.2) is 5.75 Å². The van der Waals surface area contributed by atoms with E-state index in [0.717, 1.165) is 10.8 Å². The smallest absolute Gasteiger partial charge is 0.316 e. The van der Waals surface area contributed by atoms with Gasteiger partial charge in [0.05, 0.1) is 20.0 Å². The second-order valence-electron chi connectivity index (χ2n) is 2.66. The van der Waals surface area contributed by atoms with Crippen molar-refractivity contribution in [2.45, 2.75) is 5.03 Å². The average Bonchev–Trinajstić information content (AvgIpc) is 2.55. The maximum Gasteiger partial charge on any atom is 0.316 e. The molecule has 78 valence electrons. The molecule has 4 nitrogen and oxygen atoms in total. The Kier molecular flexibility index (Phi) is 3.88. The van der Waals surface area contributed by atoms with Gasteiger partial charge in [0, 0.05) is 13.2 Å². The van der Waals surface area contributed by atoms with E-state index in [-0.39, 0.29) is 5.97 Å². The van der Waals surface area contributed by atoms with E-state index < -0.39 is 0 Å². The molecule has 0 N–H and O–H groups in total. The van der Waals surface area contributed by atoms with E-state index in [1.807, 2.05) is 23.9 Å². The summed E-state index contributed by atoms with van der Waals surface area (Å²) in [5.41, 5.74) is 0. The first-order chi connectivity index (χ1) is 6.69. The number of rotatable bonds is 4. The molecule has 0 bridgehead atoms. The minimum Gasteiger partial charge on any atom is -0.494 e. The first kappa shape index (κ1) is 11.0. The van der Waals surface area contributed by atoms with Crippen LogP contribution in [-0.2, 0) is 16.6 Å². The molecule has 0 amide bonds. The molecule has 0 fully saturated rings. The van der Waals surface area contributed by atoms with Gasteiger partial charge in [0.25, 0.3) is 0 Å². The third-order valence-corrected chi connectivity index (χ3v) is 2.90. The molecule has 0 radical (unpaired) electrons. The minimum absolute atomic E-state index is 0.238. The number of hydrogen-bond donors (Lipinski definition) is 0. The quantitative estimate of drug-likeness (QED) is 0.560. The fourth-order valence-corrected chi connectivity index (χ4v) is 1.94. The predicted octanol–water partition coefficient (Wildman–Crippen LogP) is 1.30. The number of thioether (sulfide) groups is 1. The van der Waals surface area contributed by atoms with Crippen LogP contribution in [0.4, 0.5) is 0 Å². The van der Waals surface area contributed by atoms with E-state index in [0.29, 0.717) is 5.75 Å². The number of hydrogen-bond acceptors (Lipinski definition) is 4. The number of carbonyl (C=O) groups is 1. The lowest BCUT2D eigenvalue weighted by Gasteiger charge is -2.05. The second kappa shape index (κ2) is 4.95. The lowest BCUT2D eigenvalue weighted by molar-refractivity contribution is -0.137. The van der Waals surface area contributed by atoms with E-state index in [9.17, 15) is 4.79 Å². The molecule has 1 aromatic heterocycles. The van der Waals surface area contributed by atoms with Gasteiger partial charge < -0.3 is 14.0 Å². The molecule has 0 saturated carbocycles. The SMILES string of the molecule is COC(=O)CSc1c(OC)ccn1C. The van der Waals surface area contributed by atoms with Crippen LogP contribution >= 0.6 is 11.8 Å². The molecule has 1 aromatic rings. The summed E-state index contributed by atoms with van der Waals surface area (Å²) in [7, 11) is 4.89. The zero-order valence-corrected chi connectivity index (χ0v) is 9.26. The van der Waals surface area contributed by atoms with Crippen LogP contribution in [0.3, 0.4) is 0 Å². The predicted molar refractivity (Wildman–Crippen MR) is 54.7 cm³/mol. The summed E-state index contributed by atoms with van der Waals surface area (Å²) in [6.07, 6.45) is 1.89. The molecular formula is C9H13NO3S. The van der Waals surface area contributed by atoms with Crippen molar-refractivity contribution in [3.8, 4) is 5.75 Å². The highest BCUT2D eigenvalue weighted by Gasteiger charge is 2.10. The summed E-state index contributed by atoms with van der Waals surface area (Å²) in [6, 6.07) is 1.86. The molecule has 0 aliphatic rings. The van der Waals surface area contributed by atoms with Crippen LogP contribution in [0, 0.1) is 0 Å². The van der Waals surface area contributed by atoms with Gasteiger partial charge in [0.2, 0.25) is 0 Å². The molecule has 1 rings (SSSR count). The Labute approximate surface area is 87.2 Å². The first-order valence-corrected chi connectivity index (χ1v) is 5.06. The van der Waals surface area contributed by atoms with Gasteiger partial charge in [-0.25, -0.2) is 0 Å². The molecule has 5 heteroatoms. The highest BCUT2D eigenvalue weighted by Crippen LogP contribution is 2.29. The third kappa shape index (κ3) is 2.45. The van der Waals surface area contributed by atoms with E-state index in [4.69, 9.17) is 4.74 Å². The highest BCUT2D eigenvalue weighted by atomic mass is 32.2. The summed E-state index contributed by atoms with van der Waals surface area (Å²) < 4.78 is 11.6. The van der Waals surface area contributed by atoms with Crippen molar-refractivity contribution in [2.24, 2.45) is 7.05 Å². The number of nitrogens with zero attached hydrogens (tertiary/aromatic N) is 1. The Balaban J connectivity index is 2.65. The molecule has 0 saturated heterocycles. The molecule has 0 aliphatic carbocycles. The number of aromatic nitrogens is 1. The van der Waals surface area contributed by atoms with E-state index in [1.54, 1.807) is 7.11 Å². The Morgan fingerprint density at radius 3 is 2.86 bits per heavy atom. The van der Waals surface area contributed by atoms with Crippen LogP contribution in [0.15, 0.2) is 17.3 Å². The van der Waals surface area contributed by atoms with Crippen molar-refractivity contribution in [2.75, 3.05) is 20.0 Å². The molecule has 0 spiro atoms. The van der Waals surface area contributed by atoms with Crippen molar-refractivity contribution in [1.82, 2.24) is 4.57 Å². The summed E-state index contributed by atoms with van der Waals surface area (Å²) in [4.78, 5) is 10.9. The Bertz CT molecular complexity index is 322. The van der Waals surface area contributed by atoms with E-state index in [2.05, 4.69) is 4.74 Å². The number of carbonyl (C=O) groups excluding carboxylic acids is 1. The van der Waals surface area contributed by atoms with Crippen molar-refractivity contribution in [1.29, 1.82) is 0 Å². The van der Waals surface area contributed by atoms with Crippen molar-refractivity contribution < 1.29 is 14.3 Å². The molecule has 1 heterocycles. The lowest BCUT2D eigenvalue weighted by atomic mass is 10.6. The molecule has 0 aromatic carbocycles. The van der Waals surface area contributed by atoms with Crippen LogP contribution in [0.5, 0.6) is 5.75 Å². The van der Waals surface area contributed by atoms with Gasteiger partial charge in [-0.1, -0.05) is 11.8 Å². The molecular weight excluding hydrogens is 202 g/mol. The third-order valence-electron chi connectivity index (χ3n) is 1.75. The zero-order valence-electron chi connectivity index (χ0n) is 8.44. The maximum atomic E-state index is 10.9. The van der Waals surface area contributed by atoms with Crippen LogP contribution in [0.2, 0.25) is 0 Å². The van der Waals surface area contributed by atoms with Crippen molar-refractivity contribution in [3.05, 3.63) is 12.3 Å². The van der Waals surface area contributed by atoms with Gasteiger partial charge >= 0.3 is 5.97 Å². The first-order valence-electron chi connectivity index (χ1n) is 4.08. The molecule has 14 heavy (non-hydrogen) atoms. The Hall–Kier alpha value is -1.10. The summed E-state index contributed by atoms with van der Waals surface area (Å²) in [5, 5.41) is 0.929. The van der Waals surface area contributed by atoms with E-state index in [1.165, 1.54) is 18.9 Å². The van der Waals surface area contributed by atoms with Gasteiger partial charge in [-0.15, -0.1) is 0 Å². The zero-order chi connectivity index (χ0) is 10.6. The number of methoxy groups -OCH3 is 2. The van der Waals surface area contributed by atoms with Gasteiger partial charge in [-0.05, 0) is 6.07 Å². The molecule has 0 aliphatic heterocycles. The van der Waals surface area contributed by atoms with Crippen molar-refractivity contribution >= 4 is 17.7 Å². The number of ether oxygens (including phenoxy) is 2. The number of aryl methyl sites for hydroxylation is 1. The normalized spacial score (nSPS) is 9.93. The fourth-order valence-electron chi connectivity index (χ4n) is 1.01. The minimum atomic E-state index is -0.238. The van der Waals surface area contributed by atoms with Gasteiger partial charge in [-0.3, -0.25) is 4.79 Å². The average molecular weight is 215 g/mol. The fraction of sp³-hybridized carbons (Fsp3) is 0.444.